The maximum atomic E-state index is 10.9. The van der Waals surface area contributed by atoms with E-state index in [0.717, 1.165) is 5.39 Å². The Labute approximate surface area is 102 Å². The SMILES string of the molecule is COC(=O)CCNc1nc(Cl)nc2[nH]ncc12. The lowest BCUT2D eigenvalue weighted by Gasteiger charge is -2.05. The molecule has 17 heavy (non-hydrogen) atoms. The predicted molar refractivity (Wildman–Crippen MR) is 61.8 cm³/mol. The van der Waals surface area contributed by atoms with Gasteiger partial charge in [-0.05, 0) is 11.6 Å². The molecule has 0 radical (unpaired) electrons. The fourth-order valence-corrected chi connectivity index (χ4v) is 1.50. The number of carbonyl (C=O) groups excluding carboxylic acids is 1. The molecule has 0 fully saturated rings. The summed E-state index contributed by atoms with van der Waals surface area (Å²) in [6.45, 7) is 0.403. The van der Waals surface area contributed by atoms with Crippen molar-refractivity contribution in [2.24, 2.45) is 0 Å². The molecule has 0 spiro atoms. The number of ether oxygens (including phenoxy) is 1. The number of nitrogens with zero attached hydrogens (tertiary/aromatic N) is 3. The number of aromatic amines is 1. The molecule has 90 valence electrons. The highest BCUT2D eigenvalue weighted by Crippen LogP contribution is 2.19. The minimum atomic E-state index is -0.291. The van der Waals surface area contributed by atoms with Crippen molar-refractivity contribution in [3.8, 4) is 0 Å². The Morgan fingerprint density at radius 1 is 1.59 bits per heavy atom. The molecule has 0 aliphatic rings. The minimum Gasteiger partial charge on any atom is -0.469 e. The van der Waals surface area contributed by atoms with E-state index in [0.29, 0.717) is 18.0 Å². The fourth-order valence-electron chi connectivity index (χ4n) is 1.33. The van der Waals surface area contributed by atoms with Crippen molar-refractivity contribution < 1.29 is 9.53 Å². The number of aromatic nitrogens is 4. The van der Waals surface area contributed by atoms with Gasteiger partial charge in [-0.2, -0.15) is 15.1 Å². The van der Waals surface area contributed by atoms with E-state index < -0.39 is 0 Å². The number of fused-ring (bicyclic) bond motifs is 1. The van der Waals surface area contributed by atoms with Crippen LogP contribution in [0.1, 0.15) is 6.42 Å². The maximum Gasteiger partial charge on any atom is 0.307 e. The summed E-state index contributed by atoms with van der Waals surface area (Å²) in [7, 11) is 1.35. The van der Waals surface area contributed by atoms with Gasteiger partial charge in [-0.15, -0.1) is 0 Å². The van der Waals surface area contributed by atoms with E-state index in [4.69, 9.17) is 11.6 Å². The first-order valence-electron chi connectivity index (χ1n) is 4.88. The average molecular weight is 256 g/mol. The molecule has 0 bridgehead atoms. The first-order valence-corrected chi connectivity index (χ1v) is 5.26. The molecule has 2 aromatic heterocycles. The molecule has 0 amide bonds. The third-order valence-electron chi connectivity index (χ3n) is 2.13. The van der Waals surface area contributed by atoms with Gasteiger partial charge in [-0.1, -0.05) is 0 Å². The van der Waals surface area contributed by atoms with Crippen LogP contribution in [0.15, 0.2) is 6.20 Å². The normalized spacial score (nSPS) is 10.5. The quantitative estimate of drug-likeness (QED) is 0.625. The second kappa shape index (κ2) is 4.96. The zero-order chi connectivity index (χ0) is 12.3. The lowest BCUT2D eigenvalue weighted by atomic mass is 10.3. The molecule has 2 rings (SSSR count). The van der Waals surface area contributed by atoms with E-state index in [9.17, 15) is 4.79 Å². The first kappa shape index (κ1) is 11.6. The van der Waals surface area contributed by atoms with Gasteiger partial charge in [0.15, 0.2) is 5.65 Å². The van der Waals surface area contributed by atoms with E-state index in [1.165, 1.54) is 7.11 Å². The van der Waals surface area contributed by atoms with Crippen LogP contribution in [0, 0.1) is 0 Å². The van der Waals surface area contributed by atoms with Crippen LogP contribution in [-0.2, 0) is 9.53 Å². The van der Waals surface area contributed by atoms with E-state index in [2.05, 4.69) is 30.2 Å². The molecule has 0 aliphatic heterocycles. The third-order valence-corrected chi connectivity index (χ3v) is 2.30. The summed E-state index contributed by atoms with van der Waals surface area (Å²) in [5.41, 5.74) is 0.547. The Morgan fingerprint density at radius 3 is 3.18 bits per heavy atom. The van der Waals surface area contributed by atoms with Crippen molar-refractivity contribution in [3.63, 3.8) is 0 Å². The Kier molecular flexibility index (Phi) is 3.38. The maximum absolute atomic E-state index is 10.9. The van der Waals surface area contributed by atoms with Gasteiger partial charge in [0.1, 0.15) is 5.82 Å². The zero-order valence-corrected chi connectivity index (χ0v) is 9.78. The third kappa shape index (κ3) is 2.62. The number of hydrogen-bond acceptors (Lipinski definition) is 6. The van der Waals surface area contributed by atoms with Crippen molar-refractivity contribution in [2.75, 3.05) is 19.0 Å². The van der Waals surface area contributed by atoms with Gasteiger partial charge in [-0.3, -0.25) is 9.89 Å². The van der Waals surface area contributed by atoms with E-state index >= 15 is 0 Å². The molecule has 0 aliphatic carbocycles. The topological polar surface area (TPSA) is 92.8 Å². The zero-order valence-electron chi connectivity index (χ0n) is 9.03. The number of methoxy groups -OCH3 is 1. The molecular weight excluding hydrogens is 246 g/mol. The second-order valence-corrected chi connectivity index (χ2v) is 3.56. The molecule has 0 atom stereocenters. The molecule has 2 aromatic rings. The Balaban J connectivity index is 2.12. The number of esters is 1. The minimum absolute atomic E-state index is 0.113. The van der Waals surface area contributed by atoms with Gasteiger partial charge in [-0.25, -0.2) is 0 Å². The largest absolute Gasteiger partial charge is 0.469 e. The number of rotatable bonds is 4. The summed E-state index contributed by atoms with van der Waals surface area (Å²) in [5, 5.41) is 10.4. The second-order valence-electron chi connectivity index (χ2n) is 3.23. The highest BCUT2D eigenvalue weighted by atomic mass is 35.5. The Hall–Kier alpha value is -1.89. The lowest BCUT2D eigenvalue weighted by molar-refractivity contribution is -0.140. The summed E-state index contributed by atoms with van der Waals surface area (Å²) in [6, 6.07) is 0. The summed E-state index contributed by atoms with van der Waals surface area (Å²) in [4.78, 5) is 18.9. The number of hydrogen-bond donors (Lipinski definition) is 2. The van der Waals surface area contributed by atoms with Crippen LogP contribution in [-0.4, -0.2) is 39.8 Å². The van der Waals surface area contributed by atoms with Gasteiger partial charge in [0, 0.05) is 6.54 Å². The number of H-pyrrole nitrogens is 1. The van der Waals surface area contributed by atoms with Gasteiger partial charge in [0.2, 0.25) is 5.28 Å². The molecule has 8 heteroatoms. The van der Waals surface area contributed by atoms with Crippen LogP contribution in [0.2, 0.25) is 5.28 Å². The molecule has 7 nitrogen and oxygen atoms in total. The smallest absolute Gasteiger partial charge is 0.307 e. The van der Waals surface area contributed by atoms with Crippen LogP contribution < -0.4 is 5.32 Å². The number of anilines is 1. The van der Waals surface area contributed by atoms with Gasteiger partial charge < -0.3 is 10.1 Å². The van der Waals surface area contributed by atoms with Crippen molar-refractivity contribution >= 4 is 34.4 Å². The van der Waals surface area contributed by atoms with Gasteiger partial charge >= 0.3 is 5.97 Å². The van der Waals surface area contributed by atoms with Crippen molar-refractivity contribution in [1.82, 2.24) is 20.2 Å². The highest BCUT2D eigenvalue weighted by Gasteiger charge is 2.08. The molecular formula is C9H10ClN5O2. The molecule has 0 saturated carbocycles. The van der Waals surface area contributed by atoms with Crippen LogP contribution in [0.4, 0.5) is 5.82 Å². The van der Waals surface area contributed by atoms with E-state index in [-0.39, 0.29) is 17.7 Å². The average Bonchev–Trinajstić information content (AvgIpc) is 2.76. The molecule has 0 unspecified atom stereocenters. The monoisotopic (exact) mass is 255 g/mol. The van der Waals surface area contributed by atoms with Crippen LogP contribution in [0.5, 0.6) is 0 Å². The molecule has 0 saturated heterocycles. The van der Waals surface area contributed by atoms with Crippen molar-refractivity contribution in [3.05, 3.63) is 11.5 Å². The first-order chi connectivity index (χ1) is 8.20. The van der Waals surface area contributed by atoms with E-state index in [1.807, 2.05) is 0 Å². The summed E-state index contributed by atoms with van der Waals surface area (Å²) in [5.74, 6) is 0.249. The fraction of sp³-hybridized carbons (Fsp3) is 0.333. The van der Waals surface area contributed by atoms with E-state index in [1.54, 1.807) is 6.20 Å². The van der Waals surface area contributed by atoms with Crippen molar-refractivity contribution in [1.29, 1.82) is 0 Å². The number of carbonyl (C=O) groups is 1. The van der Waals surface area contributed by atoms with Crippen LogP contribution >= 0.6 is 11.6 Å². The van der Waals surface area contributed by atoms with Crippen molar-refractivity contribution in [2.45, 2.75) is 6.42 Å². The Bertz CT molecular complexity index is 541. The molecule has 2 N–H and O–H groups in total. The van der Waals surface area contributed by atoms with Crippen LogP contribution in [0.3, 0.4) is 0 Å². The summed E-state index contributed by atoms with van der Waals surface area (Å²) >= 11 is 5.75. The number of nitrogens with one attached hydrogen (secondary N) is 2. The standard InChI is InChI=1S/C9H10ClN5O2/c1-17-6(16)2-3-11-7-5-4-12-15-8(5)14-9(10)13-7/h4H,2-3H2,1H3,(H2,11,12,13,14,15). The van der Waals surface area contributed by atoms with Gasteiger partial charge in [0.25, 0.3) is 0 Å². The summed E-state index contributed by atoms with van der Waals surface area (Å²) < 4.78 is 4.53. The lowest BCUT2D eigenvalue weighted by Crippen LogP contribution is -2.10. The Morgan fingerprint density at radius 2 is 2.41 bits per heavy atom. The predicted octanol–water partition coefficient (Wildman–Crippen LogP) is 0.981. The summed E-state index contributed by atoms with van der Waals surface area (Å²) in [6.07, 6.45) is 1.84. The van der Waals surface area contributed by atoms with Gasteiger partial charge in [0.05, 0.1) is 25.1 Å². The molecule has 0 aromatic carbocycles. The molecule has 2 heterocycles. The van der Waals surface area contributed by atoms with Crippen LogP contribution in [0.25, 0.3) is 11.0 Å². The highest BCUT2D eigenvalue weighted by molar-refractivity contribution is 6.28. The number of halogens is 1.